The second-order valence-electron chi connectivity index (χ2n) is 2.76. The molecule has 2 heteroatoms. The predicted octanol–water partition coefficient (Wildman–Crippen LogP) is 1.44. The maximum absolute atomic E-state index is 2.44. The molecule has 1 atom stereocenters. The van der Waals surface area contributed by atoms with Gasteiger partial charge in [-0.15, -0.1) is 0 Å². The van der Waals surface area contributed by atoms with E-state index in [4.69, 9.17) is 0 Å². The number of rotatable bonds is 0. The molecule has 54 valence electrons. The second kappa shape index (κ2) is 3.47. The molecule has 1 unspecified atom stereocenters. The number of nitrogens with zero attached hydrogens (tertiary/aromatic N) is 1. The van der Waals surface area contributed by atoms with Gasteiger partial charge >= 0.3 is 0 Å². The minimum absolute atomic E-state index is 0.789. The van der Waals surface area contributed by atoms with Crippen LogP contribution in [0.1, 0.15) is 13.3 Å². The molecule has 0 aromatic rings. The van der Waals surface area contributed by atoms with Crippen molar-refractivity contribution in [3.8, 4) is 0 Å². The average Bonchev–Trinajstić information content (AvgIpc) is 1.99. The van der Waals surface area contributed by atoms with Crippen molar-refractivity contribution in [2.75, 3.05) is 25.1 Å². The molecule has 0 aromatic heterocycles. The molecule has 0 radical (unpaired) electrons. The lowest BCUT2D eigenvalue weighted by atomic mass is 10.3. The predicted molar refractivity (Wildman–Crippen MR) is 44.0 cm³/mol. The van der Waals surface area contributed by atoms with E-state index in [1.54, 1.807) is 0 Å². The third-order valence-electron chi connectivity index (χ3n) is 1.91. The fourth-order valence-electron chi connectivity index (χ4n) is 1.02. The molecule has 1 heterocycles. The van der Waals surface area contributed by atoms with Crippen LogP contribution in [0, 0.1) is 0 Å². The quantitative estimate of drug-likeness (QED) is 0.507. The molecule has 0 bridgehead atoms. The number of hydrogen-bond acceptors (Lipinski definition) is 2. The summed E-state index contributed by atoms with van der Waals surface area (Å²) in [5.74, 6) is 2.67. The van der Waals surface area contributed by atoms with Gasteiger partial charge in [-0.3, -0.25) is 0 Å². The van der Waals surface area contributed by atoms with Gasteiger partial charge in [0, 0.05) is 11.8 Å². The lowest BCUT2D eigenvalue weighted by Crippen LogP contribution is -2.29. The lowest BCUT2D eigenvalue weighted by Gasteiger charge is -2.20. The van der Waals surface area contributed by atoms with Gasteiger partial charge in [-0.1, -0.05) is 0 Å². The van der Waals surface area contributed by atoms with Gasteiger partial charge in [0.2, 0.25) is 0 Å². The molecule has 1 nitrogen and oxygen atoms in total. The van der Waals surface area contributed by atoms with E-state index >= 15 is 0 Å². The van der Waals surface area contributed by atoms with E-state index in [9.17, 15) is 0 Å². The fraction of sp³-hybridized carbons (Fsp3) is 1.00. The highest BCUT2D eigenvalue weighted by molar-refractivity contribution is 7.99. The first-order valence-corrected chi connectivity index (χ1v) is 4.74. The zero-order valence-corrected chi connectivity index (χ0v) is 7.08. The highest BCUT2D eigenvalue weighted by atomic mass is 32.2. The third kappa shape index (κ3) is 2.18. The van der Waals surface area contributed by atoms with Crippen LogP contribution >= 0.6 is 11.8 Å². The van der Waals surface area contributed by atoms with E-state index in [2.05, 4.69) is 30.6 Å². The van der Waals surface area contributed by atoms with Crippen LogP contribution in [0.4, 0.5) is 0 Å². The standard InChI is InChI=1S/C7H15NS/c1-7-6-9-5-3-4-8(7)2/h7H,3-6H2,1-2H3. The van der Waals surface area contributed by atoms with Crippen molar-refractivity contribution in [3.63, 3.8) is 0 Å². The number of thioether (sulfide) groups is 1. The van der Waals surface area contributed by atoms with Crippen LogP contribution in [0.3, 0.4) is 0 Å². The maximum atomic E-state index is 2.44. The molecule has 0 spiro atoms. The first-order chi connectivity index (χ1) is 4.30. The van der Waals surface area contributed by atoms with Gasteiger partial charge in [0.05, 0.1) is 0 Å². The normalized spacial score (nSPS) is 32.0. The van der Waals surface area contributed by atoms with Gasteiger partial charge in [-0.2, -0.15) is 11.8 Å². The summed E-state index contributed by atoms with van der Waals surface area (Å²) in [5.41, 5.74) is 0. The Morgan fingerprint density at radius 1 is 1.56 bits per heavy atom. The van der Waals surface area contributed by atoms with Crippen LogP contribution in [-0.2, 0) is 0 Å². The van der Waals surface area contributed by atoms with Crippen molar-refractivity contribution in [1.29, 1.82) is 0 Å². The molecular formula is C7H15NS. The molecule has 0 aliphatic carbocycles. The van der Waals surface area contributed by atoms with E-state index in [1.807, 2.05) is 0 Å². The Balaban J connectivity index is 2.32. The molecule has 1 aliphatic heterocycles. The maximum Gasteiger partial charge on any atom is 0.0155 e. The smallest absolute Gasteiger partial charge is 0.0155 e. The summed E-state index contributed by atoms with van der Waals surface area (Å²) in [6.07, 6.45) is 1.37. The number of hydrogen-bond donors (Lipinski definition) is 0. The molecule has 1 saturated heterocycles. The summed E-state index contributed by atoms with van der Waals surface area (Å²) in [5, 5.41) is 0. The summed E-state index contributed by atoms with van der Waals surface area (Å²) in [7, 11) is 2.22. The van der Waals surface area contributed by atoms with Gasteiger partial charge in [-0.05, 0) is 32.7 Å². The minimum Gasteiger partial charge on any atom is -0.303 e. The van der Waals surface area contributed by atoms with Crippen molar-refractivity contribution < 1.29 is 0 Å². The Kier molecular flexibility index (Phi) is 2.86. The highest BCUT2D eigenvalue weighted by Crippen LogP contribution is 2.13. The summed E-state index contributed by atoms with van der Waals surface area (Å²) in [4.78, 5) is 2.44. The van der Waals surface area contributed by atoms with Crippen molar-refractivity contribution >= 4 is 11.8 Å². The Morgan fingerprint density at radius 3 is 3.11 bits per heavy atom. The molecule has 1 fully saturated rings. The van der Waals surface area contributed by atoms with Crippen molar-refractivity contribution in [3.05, 3.63) is 0 Å². The van der Waals surface area contributed by atoms with Crippen LogP contribution in [0.15, 0.2) is 0 Å². The third-order valence-corrected chi connectivity index (χ3v) is 3.21. The topological polar surface area (TPSA) is 3.24 Å². The van der Waals surface area contributed by atoms with Crippen molar-refractivity contribution in [1.82, 2.24) is 4.90 Å². The molecule has 0 aromatic carbocycles. The lowest BCUT2D eigenvalue weighted by molar-refractivity contribution is 0.284. The Bertz CT molecular complexity index is 75.0. The largest absolute Gasteiger partial charge is 0.303 e. The second-order valence-corrected chi connectivity index (χ2v) is 3.91. The van der Waals surface area contributed by atoms with Gasteiger partial charge in [0.1, 0.15) is 0 Å². The molecule has 1 rings (SSSR count). The van der Waals surface area contributed by atoms with E-state index in [0.717, 1.165) is 6.04 Å². The van der Waals surface area contributed by atoms with Gasteiger partial charge in [0.15, 0.2) is 0 Å². The summed E-state index contributed by atoms with van der Waals surface area (Å²) >= 11 is 2.09. The van der Waals surface area contributed by atoms with Crippen molar-refractivity contribution in [2.24, 2.45) is 0 Å². The molecule has 0 N–H and O–H groups in total. The zero-order chi connectivity index (χ0) is 6.69. The van der Waals surface area contributed by atoms with E-state index in [1.165, 1.54) is 24.5 Å². The Labute approximate surface area is 61.8 Å². The summed E-state index contributed by atoms with van der Waals surface area (Å²) < 4.78 is 0. The minimum atomic E-state index is 0.789. The van der Waals surface area contributed by atoms with Crippen LogP contribution in [0.2, 0.25) is 0 Å². The summed E-state index contributed by atoms with van der Waals surface area (Å²) in [6.45, 7) is 3.59. The summed E-state index contributed by atoms with van der Waals surface area (Å²) in [6, 6.07) is 0.789. The van der Waals surface area contributed by atoms with Crippen LogP contribution < -0.4 is 0 Å². The Morgan fingerprint density at radius 2 is 2.33 bits per heavy atom. The highest BCUT2D eigenvalue weighted by Gasteiger charge is 2.11. The van der Waals surface area contributed by atoms with E-state index in [0.29, 0.717) is 0 Å². The van der Waals surface area contributed by atoms with Crippen molar-refractivity contribution in [2.45, 2.75) is 19.4 Å². The van der Waals surface area contributed by atoms with Crippen LogP contribution in [0.25, 0.3) is 0 Å². The first kappa shape index (κ1) is 7.42. The van der Waals surface area contributed by atoms with E-state index < -0.39 is 0 Å². The molecular weight excluding hydrogens is 130 g/mol. The molecule has 0 amide bonds. The SMILES string of the molecule is CC1CSCCCN1C. The fourth-order valence-corrected chi connectivity index (χ4v) is 2.11. The molecule has 1 aliphatic rings. The van der Waals surface area contributed by atoms with Gasteiger partial charge < -0.3 is 4.90 Å². The van der Waals surface area contributed by atoms with Crippen LogP contribution in [0.5, 0.6) is 0 Å². The first-order valence-electron chi connectivity index (χ1n) is 3.58. The van der Waals surface area contributed by atoms with Gasteiger partial charge in [-0.25, -0.2) is 0 Å². The average molecular weight is 145 g/mol. The van der Waals surface area contributed by atoms with Gasteiger partial charge in [0.25, 0.3) is 0 Å². The van der Waals surface area contributed by atoms with E-state index in [-0.39, 0.29) is 0 Å². The van der Waals surface area contributed by atoms with Crippen LogP contribution in [-0.4, -0.2) is 36.0 Å². The zero-order valence-electron chi connectivity index (χ0n) is 6.26. The Hall–Kier alpha value is 0.310. The monoisotopic (exact) mass is 145 g/mol. The molecule has 9 heavy (non-hydrogen) atoms. The molecule has 0 saturated carbocycles.